The zero-order chi connectivity index (χ0) is 18.8. The van der Waals surface area contributed by atoms with E-state index in [4.69, 9.17) is 9.68 Å². The largest absolute Gasteiger partial charge is 0.444 e. The van der Waals surface area contributed by atoms with Crippen molar-refractivity contribution in [1.82, 2.24) is 9.88 Å². The van der Waals surface area contributed by atoms with Gasteiger partial charge in [-0.25, -0.2) is 4.98 Å². The van der Waals surface area contributed by atoms with Crippen LogP contribution in [-0.4, -0.2) is 41.7 Å². The van der Waals surface area contributed by atoms with Gasteiger partial charge in [-0.1, -0.05) is 0 Å². The van der Waals surface area contributed by atoms with Crippen molar-refractivity contribution >= 4 is 32.7 Å². The fraction of sp³-hybridized carbons (Fsp3) is 0.600. The van der Waals surface area contributed by atoms with Crippen molar-refractivity contribution in [3.8, 4) is 6.07 Å². The van der Waals surface area contributed by atoms with E-state index in [9.17, 15) is 4.39 Å². The number of rotatable bonds is 4. The number of aromatic nitrogens is 1. The number of hydrogen-bond acceptors (Lipinski definition) is 5. The minimum atomic E-state index is -0.163. The number of alkyl halides is 1. The van der Waals surface area contributed by atoms with E-state index >= 15 is 0 Å². The number of piperidine rings is 1. The fourth-order valence-electron chi connectivity index (χ4n) is 4.39. The van der Waals surface area contributed by atoms with Gasteiger partial charge in [-0.05, 0) is 73.5 Å². The highest BCUT2D eigenvalue weighted by atomic mass is 79.9. The van der Waals surface area contributed by atoms with E-state index in [0.29, 0.717) is 23.4 Å². The van der Waals surface area contributed by atoms with Crippen LogP contribution in [0.2, 0.25) is 0 Å². The maximum atomic E-state index is 12.8. The summed E-state index contributed by atoms with van der Waals surface area (Å²) in [7, 11) is 0. The molecule has 4 rings (SSSR count). The van der Waals surface area contributed by atoms with Crippen molar-refractivity contribution in [1.29, 1.82) is 5.26 Å². The Kier molecular flexibility index (Phi) is 5.65. The zero-order valence-corrected chi connectivity index (χ0v) is 16.8. The molecule has 3 heterocycles. The average Bonchev–Trinajstić information content (AvgIpc) is 3.15. The first-order chi connectivity index (χ1) is 13.2. The molecule has 0 unspecified atom stereocenters. The Labute approximate surface area is 167 Å². The molecule has 7 heteroatoms. The molecule has 0 atom stereocenters. The van der Waals surface area contributed by atoms with Gasteiger partial charge in [0.25, 0.3) is 0 Å². The summed E-state index contributed by atoms with van der Waals surface area (Å²) in [5.41, 5.74) is 0.615. The summed E-state index contributed by atoms with van der Waals surface area (Å²) in [6, 6.07) is 4.80. The number of nitrogens with zero attached hydrogens (tertiary/aromatic N) is 3. The van der Waals surface area contributed by atoms with E-state index in [2.05, 4.69) is 31.1 Å². The molecule has 5 nitrogen and oxygen atoms in total. The van der Waals surface area contributed by atoms with Crippen LogP contribution in [0.1, 0.15) is 44.3 Å². The summed E-state index contributed by atoms with van der Waals surface area (Å²) in [5, 5.41) is 13.4. The van der Waals surface area contributed by atoms with Gasteiger partial charge in [0.05, 0.1) is 17.3 Å². The molecule has 2 aliphatic rings. The summed E-state index contributed by atoms with van der Waals surface area (Å²) in [6.45, 7) is 1.93. The van der Waals surface area contributed by atoms with Gasteiger partial charge < -0.3 is 14.6 Å². The molecular weight excluding hydrogens is 411 g/mol. The van der Waals surface area contributed by atoms with Crippen molar-refractivity contribution in [3.05, 3.63) is 22.5 Å². The second-order valence-corrected chi connectivity index (χ2v) is 8.50. The van der Waals surface area contributed by atoms with Crippen LogP contribution in [-0.2, 0) is 0 Å². The minimum absolute atomic E-state index is 0.163. The predicted molar refractivity (Wildman–Crippen MR) is 106 cm³/mol. The molecule has 1 saturated heterocycles. The molecule has 1 aliphatic heterocycles. The van der Waals surface area contributed by atoms with Gasteiger partial charge in [-0.3, -0.25) is 4.39 Å². The van der Waals surface area contributed by atoms with E-state index in [-0.39, 0.29) is 12.6 Å². The quantitative estimate of drug-likeness (QED) is 0.743. The Hall–Kier alpha value is -1.65. The Bertz CT molecular complexity index is 832. The maximum absolute atomic E-state index is 12.8. The Morgan fingerprint density at radius 3 is 2.67 bits per heavy atom. The highest BCUT2D eigenvalue weighted by Crippen LogP contribution is 2.34. The number of furan rings is 1. The third kappa shape index (κ3) is 3.97. The number of nitriles is 1. The second-order valence-electron chi connectivity index (χ2n) is 7.70. The van der Waals surface area contributed by atoms with Crippen LogP contribution < -0.4 is 5.32 Å². The number of halogens is 2. The smallest absolute Gasteiger partial charge is 0.204 e. The van der Waals surface area contributed by atoms with Gasteiger partial charge in [-0.15, -0.1) is 0 Å². The number of fused-ring (bicyclic) bond motifs is 1. The summed E-state index contributed by atoms with van der Waals surface area (Å²) in [6.07, 6.45) is 8.22. The first-order valence-electron chi connectivity index (χ1n) is 9.72. The van der Waals surface area contributed by atoms with Crippen LogP contribution in [0.25, 0.3) is 11.0 Å². The number of nitrogens with one attached hydrogen (secondary N) is 1. The van der Waals surface area contributed by atoms with E-state index < -0.39 is 0 Å². The van der Waals surface area contributed by atoms with E-state index in [1.807, 2.05) is 6.07 Å². The zero-order valence-electron chi connectivity index (χ0n) is 15.3. The molecule has 0 aromatic carbocycles. The SMILES string of the molecule is N#Cc1cc2c(Br)c(NC3CCC(N4CCC(CF)CC4)CC3)ncc2o1. The van der Waals surface area contributed by atoms with E-state index in [0.717, 1.165) is 54.4 Å². The van der Waals surface area contributed by atoms with Crippen LogP contribution in [0.15, 0.2) is 21.2 Å². The molecule has 0 bridgehead atoms. The van der Waals surface area contributed by atoms with Crippen molar-refractivity contribution < 1.29 is 8.81 Å². The third-order valence-electron chi connectivity index (χ3n) is 6.05. The Morgan fingerprint density at radius 2 is 2.00 bits per heavy atom. The van der Waals surface area contributed by atoms with Crippen LogP contribution in [0.5, 0.6) is 0 Å². The number of hydrogen-bond donors (Lipinski definition) is 1. The average molecular weight is 435 g/mol. The lowest BCUT2D eigenvalue weighted by Crippen LogP contribution is -2.44. The van der Waals surface area contributed by atoms with Gasteiger partial charge in [0.1, 0.15) is 11.9 Å². The lowest BCUT2D eigenvalue weighted by atomic mass is 9.88. The standard InChI is InChI=1S/C20H24BrFN4O/c21-19-17-9-16(11-23)27-18(17)12-24-20(19)25-14-1-3-15(4-2-14)26-7-5-13(10-22)6-8-26/h9,12-15H,1-8,10H2,(H,24,25). The molecule has 1 aliphatic carbocycles. The summed E-state index contributed by atoms with van der Waals surface area (Å²) < 4.78 is 19.1. The molecule has 0 spiro atoms. The van der Waals surface area contributed by atoms with Crippen LogP contribution in [0.4, 0.5) is 10.2 Å². The summed E-state index contributed by atoms with van der Waals surface area (Å²) in [4.78, 5) is 7.03. The molecule has 144 valence electrons. The molecule has 1 N–H and O–H groups in total. The molecule has 2 aromatic heterocycles. The van der Waals surface area contributed by atoms with Gasteiger partial charge >= 0.3 is 0 Å². The molecule has 2 aromatic rings. The number of anilines is 1. The van der Waals surface area contributed by atoms with E-state index in [1.165, 1.54) is 12.8 Å². The number of likely N-dealkylation sites (tertiary alicyclic amines) is 1. The van der Waals surface area contributed by atoms with Gasteiger partial charge in [0.15, 0.2) is 5.58 Å². The highest BCUT2D eigenvalue weighted by Gasteiger charge is 2.29. The summed E-state index contributed by atoms with van der Waals surface area (Å²) >= 11 is 3.60. The molecular formula is C20H24BrFN4O. The van der Waals surface area contributed by atoms with Gasteiger partial charge in [0.2, 0.25) is 5.76 Å². The van der Waals surface area contributed by atoms with Crippen LogP contribution in [0, 0.1) is 17.2 Å². The minimum Gasteiger partial charge on any atom is -0.444 e. The molecule has 1 saturated carbocycles. The van der Waals surface area contributed by atoms with Crippen molar-refractivity contribution in [3.63, 3.8) is 0 Å². The van der Waals surface area contributed by atoms with Crippen LogP contribution >= 0.6 is 15.9 Å². The predicted octanol–water partition coefficient (Wildman–Crippen LogP) is 4.87. The first kappa shape index (κ1) is 18.7. The normalized spacial score (nSPS) is 24.8. The lowest BCUT2D eigenvalue weighted by Gasteiger charge is -2.40. The molecule has 0 amide bonds. The van der Waals surface area contributed by atoms with Crippen LogP contribution in [0.3, 0.4) is 0 Å². The second kappa shape index (κ2) is 8.15. The van der Waals surface area contributed by atoms with Gasteiger partial charge in [0, 0.05) is 23.5 Å². The number of pyridine rings is 1. The summed E-state index contributed by atoms with van der Waals surface area (Å²) in [5.74, 6) is 1.38. The maximum Gasteiger partial charge on any atom is 0.204 e. The third-order valence-corrected chi connectivity index (χ3v) is 6.85. The first-order valence-corrected chi connectivity index (χ1v) is 10.5. The Balaban J connectivity index is 1.35. The topological polar surface area (TPSA) is 65.1 Å². The Morgan fingerprint density at radius 1 is 1.26 bits per heavy atom. The van der Waals surface area contributed by atoms with Crippen molar-refractivity contribution in [2.45, 2.75) is 50.6 Å². The van der Waals surface area contributed by atoms with E-state index in [1.54, 1.807) is 12.3 Å². The molecule has 2 fully saturated rings. The molecule has 0 radical (unpaired) electrons. The van der Waals surface area contributed by atoms with Crippen molar-refractivity contribution in [2.75, 3.05) is 25.1 Å². The van der Waals surface area contributed by atoms with Gasteiger partial charge in [-0.2, -0.15) is 5.26 Å². The van der Waals surface area contributed by atoms with Crippen molar-refractivity contribution in [2.24, 2.45) is 5.92 Å². The monoisotopic (exact) mass is 434 g/mol. The highest BCUT2D eigenvalue weighted by molar-refractivity contribution is 9.10. The molecule has 27 heavy (non-hydrogen) atoms. The fourth-order valence-corrected chi connectivity index (χ4v) is 4.91. The lowest BCUT2D eigenvalue weighted by molar-refractivity contribution is 0.0965.